The summed E-state index contributed by atoms with van der Waals surface area (Å²) >= 11 is 1.61. The van der Waals surface area contributed by atoms with E-state index < -0.39 is 17.7 Å². The second-order valence-electron chi connectivity index (χ2n) is 7.35. The van der Waals surface area contributed by atoms with E-state index in [2.05, 4.69) is 0 Å². The number of halogens is 3. The predicted octanol–water partition coefficient (Wildman–Crippen LogP) is 6.98. The van der Waals surface area contributed by atoms with E-state index in [1.807, 2.05) is 32.0 Å². The highest BCUT2D eigenvalue weighted by Gasteiger charge is 2.30. The van der Waals surface area contributed by atoms with Crippen molar-refractivity contribution in [2.75, 3.05) is 0 Å². The lowest BCUT2D eigenvalue weighted by Gasteiger charge is -2.18. The highest BCUT2D eigenvalue weighted by molar-refractivity contribution is 7.99. The summed E-state index contributed by atoms with van der Waals surface area (Å²) in [5, 5.41) is 9.77. The third-order valence-corrected chi connectivity index (χ3v) is 5.74. The van der Waals surface area contributed by atoms with E-state index in [4.69, 9.17) is 0 Å². The molecule has 1 heterocycles. The lowest BCUT2D eigenvalue weighted by Crippen LogP contribution is -2.06. The summed E-state index contributed by atoms with van der Waals surface area (Å²) in [4.78, 5) is 12.5. The Bertz CT molecular complexity index is 1100. The monoisotopic (exact) mass is 433 g/mol. The number of hydrogen-bond acceptors (Lipinski definition) is 2. The highest BCUT2D eigenvalue weighted by atomic mass is 32.2. The number of carbonyl (C=O) groups is 1. The summed E-state index contributed by atoms with van der Waals surface area (Å²) in [6.45, 7) is 7.57. The molecular formula is C23H22F3NO2S. The number of carboxylic acids is 1. The van der Waals surface area contributed by atoms with Crippen LogP contribution in [0.4, 0.5) is 13.2 Å². The zero-order valence-corrected chi connectivity index (χ0v) is 17.9. The zero-order valence-electron chi connectivity index (χ0n) is 17.0. The van der Waals surface area contributed by atoms with Gasteiger partial charge in [0.1, 0.15) is 0 Å². The third kappa shape index (κ3) is 4.41. The van der Waals surface area contributed by atoms with Crippen LogP contribution in [0.2, 0.25) is 0 Å². The molecule has 30 heavy (non-hydrogen) atoms. The van der Waals surface area contributed by atoms with Crippen molar-refractivity contribution >= 4 is 17.7 Å². The minimum Gasteiger partial charge on any atom is -0.478 e. The largest absolute Gasteiger partial charge is 0.478 e. The van der Waals surface area contributed by atoms with Gasteiger partial charge in [-0.25, -0.2) is 4.79 Å². The van der Waals surface area contributed by atoms with Crippen LogP contribution in [0.15, 0.2) is 53.4 Å². The number of benzene rings is 2. The van der Waals surface area contributed by atoms with Gasteiger partial charge in [-0.15, -0.1) is 11.8 Å². The molecule has 0 saturated carbocycles. The van der Waals surface area contributed by atoms with E-state index >= 15 is 0 Å². The average molecular weight is 433 g/mol. The Morgan fingerprint density at radius 3 is 2.33 bits per heavy atom. The molecule has 3 rings (SSSR count). The normalized spacial score (nSPS) is 11.9. The Morgan fingerprint density at radius 1 is 1.07 bits per heavy atom. The van der Waals surface area contributed by atoms with E-state index in [0.717, 1.165) is 17.0 Å². The lowest BCUT2D eigenvalue weighted by molar-refractivity contribution is -0.137. The summed E-state index contributed by atoms with van der Waals surface area (Å²) in [6.07, 6.45) is -4.45. The van der Waals surface area contributed by atoms with Crippen molar-refractivity contribution in [3.63, 3.8) is 0 Å². The molecular weight excluding hydrogens is 411 g/mol. The van der Waals surface area contributed by atoms with E-state index in [1.54, 1.807) is 42.3 Å². The maximum atomic E-state index is 13.3. The first-order valence-electron chi connectivity index (χ1n) is 9.40. The van der Waals surface area contributed by atoms with Gasteiger partial charge in [0, 0.05) is 27.1 Å². The first-order chi connectivity index (χ1) is 14.0. The number of hydrogen-bond donors (Lipinski definition) is 1. The molecule has 1 N–H and O–H groups in total. The summed E-state index contributed by atoms with van der Waals surface area (Å²) in [5.41, 5.74) is 2.36. The number of aromatic carboxylic acids is 1. The van der Waals surface area contributed by atoms with Crippen LogP contribution in [-0.4, -0.2) is 20.9 Å². The highest BCUT2D eigenvalue weighted by Crippen LogP contribution is 2.37. The molecule has 0 spiro atoms. The maximum absolute atomic E-state index is 13.3. The van der Waals surface area contributed by atoms with Crippen LogP contribution in [0.1, 0.15) is 41.2 Å². The molecule has 3 aromatic rings. The summed E-state index contributed by atoms with van der Waals surface area (Å²) in [6, 6.07) is 12.4. The molecule has 0 fully saturated rings. The molecule has 7 heteroatoms. The molecule has 3 nitrogen and oxygen atoms in total. The quantitative estimate of drug-likeness (QED) is 0.442. The number of rotatable bonds is 5. The van der Waals surface area contributed by atoms with Crippen molar-refractivity contribution < 1.29 is 23.1 Å². The topological polar surface area (TPSA) is 42.2 Å². The fraction of sp³-hybridized carbons (Fsp3) is 0.261. The lowest BCUT2D eigenvalue weighted by atomic mass is 10.0. The van der Waals surface area contributed by atoms with Crippen molar-refractivity contribution in [3.8, 4) is 16.8 Å². The van der Waals surface area contributed by atoms with Crippen LogP contribution in [0.25, 0.3) is 16.8 Å². The predicted molar refractivity (Wildman–Crippen MR) is 114 cm³/mol. The molecule has 0 unspecified atom stereocenters. The minimum atomic E-state index is -4.45. The number of alkyl halides is 3. The van der Waals surface area contributed by atoms with Gasteiger partial charge in [0.25, 0.3) is 0 Å². The first kappa shape index (κ1) is 22.0. The Balaban J connectivity index is 2.27. The van der Waals surface area contributed by atoms with Gasteiger partial charge in [0.05, 0.1) is 16.8 Å². The Kier molecular flexibility index (Phi) is 6.04. The number of nitrogens with zero attached hydrogens (tertiary/aromatic N) is 1. The van der Waals surface area contributed by atoms with Crippen LogP contribution in [-0.2, 0) is 6.18 Å². The third-order valence-electron chi connectivity index (χ3n) is 4.74. The van der Waals surface area contributed by atoms with Gasteiger partial charge in [-0.2, -0.15) is 13.2 Å². The zero-order chi connectivity index (χ0) is 22.2. The van der Waals surface area contributed by atoms with Gasteiger partial charge in [0.2, 0.25) is 0 Å². The second-order valence-corrected chi connectivity index (χ2v) is 9.00. The molecule has 0 bridgehead atoms. The minimum absolute atomic E-state index is 0.170. The fourth-order valence-corrected chi connectivity index (χ4v) is 4.38. The number of carboxylic acid groups (broad SMARTS) is 1. The molecule has 158 valence electrons. The van der Waals surface area contributed by atoms with Crippen LogP contribution in [0.5, 0.6) is 0 Å². The molecule has 1 aromatic heterocycles. The second kappa shape index (κ2) is 8.22. The van der Waals surface area contributed by atoms with Crippen LogP contribution in [0, 0.1) is 13.8 Å². The smallest absolute Gasteiger partial charge is 0.416 e. The number of thioether (sulfide) groups is 1. The van der Waals surface area contributed by atoms with Gasteiger partial charge in [-0.1, -0.05) is 26.0 Å². The van der Waals surface area contributed by atoms with E-state index in [0.29, 0.717) is 33.5 Å². The van der Waals surface area contributed by atoms with Crippen LogP contribution < -0.4 is 0 Å². The van der Waals surface area contributed by atoms with Crippen LogP contribution >= 0.6 is 11.8 Å². The standard InChI is InChI=1S/C23H22F3NO2S/c1-13(2)30-18-8-9-21(27-14(3)10-19(15(27)4)22(28)29)20(12-18)16-6-5-7-17(11-16)23(24,25)26/h5-13H,1-4H3,(H,28,29). The SMILES string of the molecule is Cc1cc(C(=O)O)c(C)n1-c1ccc(SC(C)C)cc1-c1cccc(C(F)(F)F)c1. The van der Waals surface area contributed by atoms with E-state index in [9.17, 15) is 23.1 Å². The van der Waals surface area contributed by atoms with Crippen molar-refractivity contribution in [1.82, 2.24) is 4.57 Å². The number of aryl methyl sites for hydroxylation is 1. The van der Waals surface area contributed by atoms with Crippen molar-refractivity contribution in [1.29, 1.82) is 0 Å². The van der Waals surface area contributed by atoms with E-state index in [1.165, 1.54) is 6.07 Å². The summed E-state index contributed by atoms with van der Waals surface area (Å²) < 4.78 is 41.7. The Labute approximate surface area is 177 Å². The number of aromatic nitrogens is 1. The molecule has 0 atom stereocenters. The molecule has 2 aromatic carbocycles. The van der Waals surface area contributed by atoms with Gasteiger partial charge >= 0.3 is 12.1 Å². The summed E-state index contributed by atoms with van der Waals surface area (Å²) in [5.74, 6) is -1.04. The molecule has 0 aliphatic heterocycles. The van der Waals surface area contributed by atoms with Crippen molar-refractivity contribution in [2.24, 2.45) is 0 Å². The average Bonchev–Trinajstić information content (AvgIpc) is 2.95. The van der Waals surface area contributed by atoms with Crippen molar-refractivity contribution in [3.05, 3.63) is 71.0 Å². The summed E-state index contributed by atoms with van der Waals surface area (Å²) in [7, 11) is 0. The fourth-order valence-electron chi connectivity index (χ4n) is 3.50. The molecule has 0 saturated heterocycles. The first-order valence-corrected chi connectivity index (χ1v) is 10.3. The van der Waals surface area contributed by atoms with E-state index in [-0.39, 0.29) is 5.56 Å². The van der Waals surface area contributed by atoms with Gasteiger partial charge in [0.15, 0.2) is 0 Å². The molecule has 0 aliphatic rings. The van der Waals surface area contributed by atoms with Gasteiger partial charge < -0.3 is 9.67 Å². The van der Waals surface area contributed by atoms with Gasteiger partial charge in [-0.3, -0.25) is 0 Å². The van der Waals surface area contributed by atoms with Crippen molar-refractivity contribution in [2.45, 2.75) is 44.0 Å². The van der Waals surface area contributed by atoms with Gasteiger partial charge in [-0.05, 0) is 55.8 Å². The molecule has 0 aliphatic carbocycles. The Hall–Kier alpha value is -2.67. The molecule has 0 radical (unpaired) electrons. The van der Waals surface area contributed by atoms with Crippen LogP contribution in [0.3, 0.4) is 0 Å². The Morgan fingerprint density at radius 2 is 1.77 bits per heavy atom. The maximum Gasteiger partial charge on any atom is 0.416 e. The molecule has 0 amide bonds.